The molecule has 116 valence electrons. The molecule has 0 radical (unpaired) electrons. The van der Waals surface area contributed by atoms with E-state index in [1.807, 2.05) is 69.2 Å². The Bertz CT molecular complexity index is 499. The van der Waals surface area contributed by atoms with E-state index < -0.39 is 0 Å². The molecule has 0 saturated heterocycles. The molecule has 0 atom stereocenters. The number of rotatable bonds is 2. The summed E-state index contributed by atoms with van der Waals surface area (Å²) in [7, 11) is 0. The Morgan fingerprint density at radius 3 is 1.73 bits per heavy atom. The third-order valence-corrected chi connectivity index (χ3v) is 2.16. The maximum atomic E-state index is 10.8. The first kappa shape index (κ1) is 28.3. The fourth-order valence-corrected chi connectivity index (χ4v) is 1.18. The first-order valence-corrected chi connectivity index (χ1v) is 5.64. The molecule has 0 spiro atoms. The van der Waals surface area contributed by atoms with Gasteiger partial charge in [0.2, 0.25) is 0 Å². The van der Waals surface area contributed by atoms with E-state index in [4.69, 9.17) is 14.0 Å². The maximum Gasteiger partial charge on any atom is 0 e. The Labute approximate surface area is 141 Å². The van der Waals surface area contributed by atoms with Gasteiger partial charge in [0, 0.05) is 22.6 Å². The Hall–Kier alpha value is -1.85. The van der Waals surface area contributed by atoms with Crippen LogP contribution in [0.2, 0.25) is 0 Å². The SMILES string of the molecule is CC(C)(C)C(=C=O)/C=C/c1ccccc1.[C-]#[O+].[C-]#[O+].[C-]#[O+].[Fe]. The quantitative estimate of drug-likeness (QED) is 0.267. The summed E-state index contributed by atoms with van der Waals surface area (Å²) < 4.78 is 22.5. The fraction of sp³-hybridized carbons (Fsp3) is 0.235. The van der Waals surface area contributed by atoms with Crippen molar-refractivity contribution in [1.82, 2.24) is 0 Å². The molecule has 1 aromatic carbocycles. The van der Waals surface area contributed by atoms with E-state index in [2.05, 4.69) is 20.0 Å². The molecule has 0 heterocycles. The minimum absolute atomic E-state index is 0. The molecule has 22 heavy (non-hydrogen) atoms. The molecule has 0 aromatic heterocycles. The summed E-state index contributed by atoms with van der Waals surface area (Å²) in [5.74, 6) is 1.99. The fourth-order valence-electron chi connectivity index (χ4n) is 1.18. The molecule has 0 aliphatic heterocycles. The van der Waals surface area contributed by atoms with Crippen molar-refractivity contribution < 1.29 is 35.8 Å². The van der Waals surface area contributed by atoms with Gasteiger partial charge in [0.15, 0.2) is 0 Å². The van der Waals surface area contributed by atoms with Gasteiger partial charge in [0.1, 0.15) is 5.94 Å². The van der Waals surface area contributed by atoms with Gasteiger partial charge in [-0.1, -0.05) is 57.2 Å². The number of benzene rings is 1. The van der Waals surface area contributed by atoms with Crippen LogP contribution in [0, 0.1) is 25.4 Å². The smallest absolute Gasteiger partial charge is 0 e. The summed E-state index contributed by atoms with van der Waals surface area (Å²) in [6, 6.07) is 9.92. The van der Waals surface area contributed by atoms with Crippen molar-refractivity contribution in [2.75, 3.05) is 0 Å². The predicted molar refractivity (Wildman–Crippen MR) is 75.9 cm³/mol. The Kier molecular flexibility index (Phi) is 24.7. The summed E-state index contributed by atoms with van der Waals surface area (Å²) in [4.78, 5) is 10.8. The van der Waals surface area contributed by atoms with E-state index in [-0.39, 0.29) is 22.5 Å². The normalized spacial score (nSPS) is 8.05. The van der Waals surface area contributed by atoms with Crippen LogP contribution in [-0.4, -0.2) is 5.94 Å². The van der Waals surface area contributed by atoms with Gasteiger partial charge in [0.05, 0.1) is 0 Å². The van der Waals surface area contributed by atoms with Crippen LogP contribution >= 0.6 is 0 Å². The van der Waals surface area contributed by atoms with E-state index in [9.17, 15) is 4.79 Å². The molecule has 1 aromatic rings. The van der Waals surface area contributed by atoms with Crippen LogP contribution in [0.4, 0.5) is 0 Å². The molecule has 0 amide bonds. The van der Waals surface area contributed by atoms with Crippen molar-refractivity contribution in [3.63, 3.8) is 0 Å². The third-order valence-electron chi connectivity index (χ3n) is 2.16. The van der Waals surface area contributed by atoms with Gasteiger partial charge < -0.3 is 0 Å². The molecule has 5 heteroatoms. The van der Waals surface area contributed by atoms with Crippen LogP contribution in [0.25, 0.3) is 6.08 Å². The Morgan fingerprint density at radius 1 is 1.00 bits per heavy atom. The second-order valence-corrected chi connectivity index (χ2v) is 4.51. The van der Waals surface area contributed by atoms with Gasteiger partial charge in [-0.2, -0.15) is 0 Å². The monoisotopic (exact) mass is 340 g/mol. The maximum absolute atomic E-state index is 10.8. The van der Waals surface area contributed by atoms with Gasteiger partial charge in [-0.3, -0.25) is 0 Å². The number of carbonyl (C=O) groups excluding carboxylic acids is 1. The van der Waals surface area contributed by atoms with Gasteiger partial charge in [-0.05, 0) is 17.1 Å². The second kappa shape index (κ2) is 19.1. The van der Waals surface area contributed by atoms with Crippen molar-refractivity contribution in [1.29, 1.82) is 0 Å². The Balaban J connectivity index is -0.000000206. The summed E-state index contributed by atoms with van der Waals surface area (Å²) in [5, 5.41) is 0. The molecule has 4 nitrogen and oxygen atoms in total. The largest absolute Gasteiger partial charge is 0 e. The van der Waals surface area contributed by atoms with Crippen LogP contribution in [0.1, 0.15) is 26.3 Å². The van der Waals surface area contributed by atoms with E-state index in [0.717, 1.165) is 5.56 Å². The molecule has 0 unspecified atom stereocenters. The molecule has 0 N–H and O–H groups in total. The molecule has 0 fully saturated rings. The predicted octanol–water partition coefficient (Wildman–Crippen LogP) is 3.39. The topological polar surface area (TPSA) is 76.8 Å². The molecular formula is C17H16FeO4. The van der Waals surface area contributed by atoms with Gasteiger partial charge >= 0.3 is 33.9 Å². The standard InChI is InChI=1S/C14H16O.3CO.Fe/c1-14(2,3)13(11-15)10-9-12-7-5-4-6-8-12;3*1-2;/h4-10H,1-3H3;;;;/b10-9+;;;;. The van der Waals surface area contributed by atoms with E-state index in [0.29, 0.717) is 5.57 Å². The summed E-state index contributed by atoms with van der Waals surface area (Å²) in [5.41, 5.74) is 1.63. The molecular weight excluding hydrogens is 324 g/mol. The third kappa shape index (κ3) is 14.6. The Morgan fingerprint density at radius 2 is 1.41 bits per heavy atom. The number of hydrogen-bond donors (Lipinski definition) is 0. The van der Waals surface area contributed by atoms with Crippen LogP contribution < -0.4 is 0 Å². The number of allylic oxidation sites excluding steroid dienone is 2. The minimum Gasteiger partial charge on any atom is 0 e. The van der Waals surface area contributed by atoms with Crippen LogP contribution in [0.15, 0.2) is 42.0 Å². The molecule has 0 aliphatic rings. The van der Waals surface area contributed by atoms with Crippen molar-refractivity contribution in [2.24, 2.45) is 5.41 Å². The van der Waals surface area contributed by atoms with Crippen molar-refractivity contribution in [3.8, 4) is 0 Å². The zero-order chi connectivity index (χ0) is 17.3. The zero-order valence-electron chi connectivity index (χ0n) is 12.5. The van der Waals surface area contributed by atoms with E-state index >= 15 is 0 Å². The van der Waals surface area contributed by atoms with Crippen LogP contribution in [0.5, 0.6) is 0 Å². The zero-order valence-corrected chi connectivity index (χ0v) is 13.6. The van der Waals surface area contributed by atoms with Gasteiger partial charge in [-0.15, -0.1) is 0 Å². The second-order valence-electron chi connectivity index (χ2n) is 4.51. The molecule has 0 aliphatic carbocycles. The summed E-state index contributed by atoms with van der Waals surface area (Å²) in [6.07, 6.45) is 3.77. The molecule has 1 rings (SSSR count). The first-order valence-electron chi connectivity index (χ1n) is 5.64. The summed E-state index contributed by atoms with van der Waals surface area (Å²) >= 11 is 0. The van der Waals surface area contributed by atoms with E-state index in [1.54, 1.807) is 0 Å². The van der Waals surface area contributed by atoms with Crippen molar-refractivity contribution in [2.45, 2.75) is 20.8 Å². The van der Waals surface area contributed by atoms with E-state index in [1.165, 1.54) is 0 Å². The average Bonchev–Trinajstić information content (AvgIpc) is 2.53. The van der Waals surface area contributed by atoms with Gasteiger partial charge in [0.25, 0.3) is 0 Å². The minimum atomic E-state index is -0.146. The van der Waals surface area contributed by atoms with Crippen molar-refractivity contribution in [3.05, 3.63) is 67.5 Å². The first-order chi connectivity index (χ1) is 10.0. The average molecular weight is 340 g/mol. The molecule has 0 saturated carbocycles. The number of hydrogen-bond acceptors (Lipinski definition) is 1. The van der Waals surface area contributed by atoms with Crippen LogP contribution in [0.3, 0.4) is 0 Å². The molecule has 0 bridgehead atoms. The van der Waals surface area contributed by atoms with Gasteiger partial charge in [-0.25, -0.2) is 4.79 Å². The van der Waals surface area contributed by atoms with Crippen LogP contribution in [-0.2, 0) is 35.8 Å². The summed E-state index contributed by atoms with van der Waals surface area (Å²) in [6.45, 7) is 19.5. The van der Waals surface area contributed by atoms with Crippen molar-refractivity contribution >= 4 is 12.0 Å².